The molecular weight excluding hydrogens is 210 g/mol. The van der Waals surface area contributed by atoms with Gasteiger partial charge in [-0.15, -0.1) is 0 Å². The SMILES string of the molecule is CC(CO)N1CN(C)c2nc(N)[nH]c(=O)c21. The maximum absolute atomic E-state index is 11.8. The van der Waals surface area contributed by atoms with E-state index in [-0.39, 0.29) is 24.2 Å². The molecule has 0 fully saturated rings. The Morgan fingerprint density at radius 2 is 2.38 bits per heavy atom. The third-order valence-electron chi connectivity index (χ3n) is 2.70. The van der Waals surface area contributed by atoms with Gasteiger partial charge >= 0.3 is 0 Å². The van der Waals surface area contributed by atoms with Crippen molar-refractivity contribution in [1.29, 1.82) is 0 Å². The number of H-pyrrole nitrogens is 1. The summed E-state index contributed by atoms with van der Waals surface area (Å²) in [6, 6.07) is -0.129. The second-order valence-corrected chi connectivity index (χ2v) is 3.96. The minimum atomic E-state index is -0.271. The van der Waals surface area contributed by atoms with Gasteiger partial charge in [-0.1, -0.05) is 0 Å². The molecule has 1 aliphatic rings. The summed E-state index contributed by atoms with van der Waals surface area (Å²) in [5, 5.41) is 9.13. The van der Waals surface area contributed by atoms with Crippen LogP contribution >= 0.6 is 0 Å². The number of nitrogens with one attached hydrogen (secondary N) is 1. The highest BCUT2D eigenvalue weighted by molar-refractivity contribution is 5.72. The van der Waals surface area contributed by atoms with Crippen molar-refractivity contribution in [3.05, 3.63) is 10.4 Å². The molecule has 0 amide bonds. The summed E-state index contributed by atoms with van der Waals surface area (Å²) in [5.41, 5.74) is 5.69. The lowest BCUT2D eigenvalue weighted by molar-refractivity contribution is 0.268. The van der Waals surface area contributed by atoms with Gasteiger partial charge < -0.3 is 20.6 Å². The number of aliphatic hydroxyl groups excluding tert-OH is 1. The fourth-order valence-electron chi connectivity index (χ4n) is 1.82. The van der Waals surface area contributed by atoms with Crippen molar-refractivity contribution in [3.63, 3.8) is 0 Å². The molecule has 0 aromatic carbocycles. The number of nitrogens with two attached hydrogens (primary N) is 1. The van der Waals surface area contributed by atoms with E-state index in [1.54, 1.807) is 4.90 Å². The molecule has 0 saturated heterocycles. The molecule has 4 N–H and O–H groups in total. The van der Waals surface area contributed by atoms with Crippen molar-refractivity contribution in [2.24, 2.45) is 0 Å². The number of fused-ring (bicyclic) bond motifs is 1. The Morgan fingerprint density at radius 3 is 3.00 bits per heavy atom. The van der Waals surface area contributed by atoms with E-state index in [2.05, 4.69) is 9.97 Å². The summed E-state index contributed by atoms with van der Waals surface area (Å²) in [5.74, 6) is 0.663. The average Bonchev–Trinajstić information content (AvgIpc) is 2.55. The molecule has 1 aliphatic heterocycles. The van der Waals surface area contributed by atoms with Crippen LogP contribution in [0.1, 0.15) is 6.92 Å². The van der Waals surface area contributed by atoms with E-state index in [9.17, 15) is 4.79 Å². The summed E-state index contributed by atoms with van der Waals surface area (Å²) >= 11 is 0. The Labute approximate surface area is 92.5 Å². The summed E-state index contributed by atoms with van der Waals surface area (Å²) in [6.45, 7) is 2.35. The molecule has 1 atom stereocenters. The largest absolute Gasteiger partial charge is 0.394 e. The molecule has 7 heteroatoms. The van der Waals surface area contributed by atoms with Gasteiger partial charge in [0.15, 0.2) is 5.82 Å². The molecule has 0 radical (unpaired) electrons. The fraction of sp³-hybridized carbons (Fsp3) is 0.556. The quantitative estimate of drug-likeness (QED) is 0.594. The maximum Gasteiger partial charge on any atom is 0.278 e. The zero-order valence-electron chi connectivity index (χ0n) is 9.27. The van der Waals surface area contributed by atoms with Gasteiger partial charge in [0.2, 0.25) is 5.95 Å². The number of nitrogens with zero attached hydrogens (tertiary/aromatic N) is 3. The molecule has 0 bridgehead atoms. The minimum Gasteiger partial charge on any atom is -0.394 e. The van der Waals surface area contributed by atoms with Gasteiger partial charge in [0.25, 0.3) is 5.56 Å². The first-order valence-corrected chi connectivity index (χ1v) is 5.03. The normalized spacial score (nSPS) is 16.4. The van der Waals surface area contributed by atoms with E-state index in [0.29, 0.717) is 18.2 Å². The van der Waals surface area contributed by atoms with Crippen LogP contribution in [0.5, 0.6) is 0 Å². The first kappa shape index (κ1) is 10.7. The van der Waals surface area contributed by atoms with Gasteiger partial charge in [0.05, 0.1) is 19.3 Å². The van der Waals surface area contributed by atoms with Gasteiger partial charge in [-0.25, -0.2) is 0 Å². The maximum atomic E-state index is 11.8. The molecule has 0 spiro atoms. The van der Waals surface area contributed by atoms with Crippen LogP contribution in [0.25, 0.3) is 0 Å². The number of hydrogen-bond acceptors (Lipinski definition) is 6. The second kappa shape index (κ2) is 3.67. The lowest BCUT2D eigenvalue weighted by atomic mass is 10.3. The van der Waals surface area contributed by atoms with E-state index in [4.69, 9.17) is 10.8 Å². The summed E-state index contributed by atoms with van der Waals surface area (Å²) in [7, 11) is 1.83. The molecule has 16 heavy (non-hydrogen) atoms. The third kappa shape index (κ3) is 1.49. The van der Waals surface area contributed by atoms with E-state index in [1.807, 2.05) is 18.9 Å². The van der Waals surface area contributed by atoms with Crippen LogP contribution in [0, 0.1) is 0 Å². The summed E-state index contributed by atoms with van der Waals surface area (Å²) < 4.78 is 0. The lowest BCUT2D eigenvalue weighted by Crippen LogP contribution is -2.39. The van der Waals surface area contributed by atoms with Crippen LogP contribution in [-0.2, 0) is 0 Å². The zero-order chi connectivity index (χ0) is 11.9. The monoisotopic (exact) mass is 225 g/mol. The van der Waals surface area contributed by atoms with Gasteiger partial charge in [-0.2, -0.15) is 4.98 Å². The molecule has 2 rings (SSSR count). The molecule has 88 valence electrons. The first-order chi connectivity index (χ1) is 7.54. The van der Waals surface area contributed by atoms with E-state index in [1.165, 1.54) is 0 Å². The Balaban J connectivity index is 2.53. The highest BCUT2D eigenvalue weighted by atomic mass is 16.3. The minimum absolute atomic E-state index is 0.0168. The molecule has 7 nitrogen and oxygen atoms in total. The Morgan fingerprint density at radius 1 is 1.69 bits per heavy atom. The van der Waals surface area contributed by atoms with E-state index in [0.717, 1.165) is 0 Å². The lowest BCUT2D eigenvalue weighted by Gasteiger charge is -2.24. The van der Waals surface area contributed by atoms with Crippen LogP contribution in [0.2, 0.25) is 0 Å². The number of anilines is 3. The summed E-state index contributed by atoms with van der Waals surface area (Å²) in [6.07, 6.45) is 0. The zero-order valence-corrected chi connectivity index (χ0v) is 9.27. The number of nitrogen functional groups attached to an aromatic ring is 1. The van der Waals surface area contributed by atoms with Crippen molar-refractivity contribution in [3.8, 4) is 0 Å². The van der Waals surface area contributed by atoms with E-state index >= 15 is 0 Å². The van der Waals surface area contributed by atoms with Crippen LogP contribution < -0.4 is 21.1 Å². The molecule has 2 heterocycles. The highest BCUT2D eigenvalue weighted by Gasteiger charge is 2.31. The molecule has 1 aromatic rings. The van der Waals surface area contributed by atoms with Gasteiger partial charge in [-0.05, 0) is 6.92 Å². The smallest absolute Gasteiger partial charge is 0.278 e. The Kier molecular flexibility index (Phi) is 2.47. The fourth-order valence-corrected chi connectivity index (χ4v) is 1.82. The molecule has 0 aliphatic carbocycles. The number of rotatable bonds is 2. The number of aliphatic hydroxyl groups is 1. The third-order valence-corrected chi connectivity index (χ3v) is 2.70. The van der Waals surface area contributed by atoms with Crippen LogP contribution in [0.3, 0.4) is 0 Å². The van der Waals surface area contributed by atoms with Crippen LogP contribution in [-0.4, -0.2) is 41.4 Å². The number of hydrogen-bond donors (Lipinski definition) is 3. The van der Waals surface area contributed by atoms with Crippen molar-refractivity contribution in [2.45, 2.75) is 13.0 Å². The highest BCUT2D eigenvalue weighted by Crippen LogP contribution is 2.30. The first-order valence-electron chi connectivity index (χ1n) is 5.03. The summed E-state index contributed by atoms with van der Waals surface area (Å²) in [4.78, 5) is 22.0. The van der Waals surface area contributed by atoms with Crippen molar-refractivity contribution >= 4 is 17.5 Å². The molecular formula is C9H15N5O2. The number of aromatic amines is 1. The van der Waals surface area contributed by atoms with Gasteiger partial charge in [0.1, 0.15) is 5.69 Å². The molecule has 0 saturated carbocycles. The predicted octanol–water partition coefficient (Wildman–Crippen LogP) is -1.05. The topological polar surface area (TPSA) is 98.5 Å². The number of aromatic nitrogens is 2. The van der Waals surface area contributed by atoms with Gasteiger partial charge in [0, 0.05) is 7.05 Å². The Hall–Kier alpha value is -1.76. The predicted molar refractivity (Wildman–Crippen MR) is 61.6 cm³/mol. The van der Waals surface area contributed by atoms with E-state index < -0.39 is 0 Å². The van der Waals surface area contributed by atoms with Gasteiger partial charge in [-0.3, -0.25) is 9.78 Å². The van der Waals surface area contributed by atoms with Crippen LogP contribution in [0.4, 0.5) is 17.5 Å². The van der Waals surface area contributed by atoms with Crippen LogP contribution in [0.15, 0.2) is 4.79 Å². The molecule has 1 aromatic heterocycles. The van der Waals surface area contributed by atoms with Crippen molar-refractivity contribution in [2.75, 3.05) is 35.9 Å². The van der Waals surface area contributed by atoms with Crippen molar-refractivity contribution in [1.82, 2.24) is 9.97 Å². The molecule has 1 unspecified atom stereocenters. The Bertz CT molecular complexity index is 458. The average molecular weight is 225 g/mol. The second-order valence-electron chi connectivity index (χ2n) is 3.96. The van der Waals surface area contributed by atoms with Crippen molar-refractivity contribution < 1.29 is 5.11 Å². The standard InChI is InChI=1S/C9H15N5O2/c1-5(3-15)14-4-13(2)7-6(14)8(16)12-9(10)11-7/h5,15H,3-4H2,1-2H3,(H3,10,11,12,16).